The summed E-state index contributed by atoms with van der Waals surface area (Å²) in [6, 6.07) is 9.40. The second-order valence-electron chi connectivity index (χ2n) is 8.09. The van der Waals surface area contributed by atoms with Gasteiger partial charge >= 0.3 is 5.97 Å². The zero-order valence-corrected chi connectivity index (χ0v) is 17.9. The lowest BCUT2D eigenvalue weighted by atomic mass is 9.78. The summed E-state index contributed by atoms with van der Waals surface area (Å²) in [5.74, 6) is -0.178. The molecule has 29 heavy (non-hydrogen) atoms. The molecule has 0 unspecified atom stereocenters. The van der Waals surface area contributed by atoms with E-state index in [-0.39, 0.29) is 17.5 Å². The predicted octanol–water partition coefficient (Wildman–Crippen LogP) is 3.53. The second kappa shape index (κ2) is 10.1. The minimum atomic E-state index is -0.959. The minimum absolute atomic E-state index is 0.0913. The molecule has 0 heterocycles. The van der Waals surface area contributed by atoms with E-state index >= 15 is 0 Å². The Morgan fingerprint density at radius 2 is 1.90 bits per heavy atom. The molecule has 1 aromatic carbocycles. The van der Waals surface area contributed by atoms with Gasteiger partial charge in [0, 0.05) is 25.8 Å². The van der Waals surface area contributed by atoms with Crippen LogP contribution in [0.1, 0.15) is 45.6 Å². The van der Waals surface area contributed by atoms with E-state index in [0.717, 1.165) is 18.5 Å². The number of benzene rings is 1. The summed E-state index contributed by atoms with van der Waals surface area (Å²) >= 11 is 0. The molecule has 2 rings (SSSR count). The van der Waals surface area contributed by atoms with E-state index in [9.17, 15) is 14.9 Å². The van der Waals surface area contributed by atoms with Crippen LogP contribution < -0.4 is 10.2 Å². The lowest BCUT2D eigenvalue weighted by Crippen LogP contribution is -2.47. The zero-order valence-electron chi connectivity index (χ0n) is 17.9. The van der Waals surface area contributed by atoms with Crippen LogP contribution in [-0.4, -0.2) is 38.1 Å². The van der Waals surface area contributed by atoms with E-state index in [1.807, 2.05) is 49.3 Å². The number of rotatable bonds is 6. The van der Waals surface area contributed by atoms with Gasteiger partial charge in [0.25, 0.3) is 5.91 Å². The standard InChI is InChI=1S/C23H31N3O3/c1-15-7-6-8-21(16(15)2)25-22(27)17(3)29-23(28)19(14-24)13-18-9-11-20(12-10-18)26(4)5/h9-13,15-17,21H,6-8H2,1-5H3,(H,25,27)/b19-13+/t15-,16+,17+,21-/m0/s1. The molecule has 0 aromatic heterocycles. The van der Waals surface area contributed by atoms with Crippen molar-refractivity contribution in [1.29, 1.82) is 5.26 Å². The number of nitrogens with zero attached hydrogens (tertiary/aromatic N) is 2. The maximum absolute atomic E-state index is 12.5. The number of nitrogens with one attached hydrogen (secondary N) is 1. The Morgan fingerprint density at radius 3 is 2.48 bits per heavy atom. The molecule has 1 aromatic rings. The number of carbonyl (C=O) groups excluding carboxylic acids is 2. The Labute approximate surface area is 173 Å². The van der Waals surface area contributed by atoms with Gasteiger partial charge in [0.1, 0.15) is 11.6 Å². The molecule has 0 saturated heterocycles. The maximum Gasteiger partial charge on any atom is 0.349 e. The number of esters is 1. The largest absolute Gasteiger partial charge is 0.448 e. The van der Waals surface area contributed by atoms with Crippen molar-refractivity contribution in [3.05, 3.63) is 35.4 Å². The first-order valence-corrected chi connectivity index (χ1v) is 10.1. The van der Waals surface area contributed by atoms with Crippen molar-refractivity contribution in [2.24, 2.45) is 11.8 Å². The number of hydrogen-bond acceptors (Lipinski definition) is 5. The van der Waals surface area contributed by atoms with Crippen LogP contribution in [0.25, 0.3) is 6.08 Å². The second-order valence-corrected chi connectivity index (χ2v) is 8.09. The van der Waals surface area contributed by atoms with Crippen LogP contribution >= 0.6 is 0 Å². The summed E-state index contributed by atoms with van der Waals surface area (Å²) in [7, 11) is 3.87. The molecule has 0 spiro atoms. The van der Waals surface area contributed by atoms with Crippen molar-refractivity contribution in [1.82, 2.24) is 5.32 Å². The summed E-state index contributed by atoms with van der Waals surface area (Å²) in [6.45, 7) is 5.87. The van der Waals surface area contributed by atoms with Crippen LogP contribution in [0.3, 0.4) is 0 Å². The van der Waals surface area contributed by atoms with E-state index in [2.05, 4.69) is 19.2 Å². The highest BCUT2D eigenvalue weighted by Crippen LogP contribution is 2.29. The molecule has 6 nitrogen and oxygen atoms in total. The van der Waals surface area contributed by atoms with Crippen molar-refractivity contribution >= 4 is 23.6 Å². The number of nitriles is 1. The van der Waals surface area contributed by atoms with Crippen LogP contribution in [0.2, 0.25) is 0 Å². The van der Waals surface area contributed by atoms with Gasteiger partial charge in [-0.2, -0.15) is 5.26 Å². The number of amides is 1. The Bertz CT molecular complexity index is 793. The first-order chi connectivity index (χ1) is 13.7. The average molecular weight is 398 g/mol. The first kappa shape index (κ1) is 22.5. The zero-order chi connectivity index (χ0) is 21.6. The SMILES string of the molecule is C[C@H]1[C@@H](NC(=O)[C@@H](C)OC(=O)/C(C#N)=C/c2ccc(N(C)C)cc2)CCC[C@@H]1C. The fraction of sp³-hybridized carbons (Fsp3) is 0.522. The van der Waals surface area contributed by atoms with Crippen molar-refractivity contribution < 1.29 is 14.3 Å². The molecule has 156 valence electrons. The van der Waals surface area contributed by atoms with E-state index in [1.54, 1.807) is 0 Å². The van der Waals surface area contributed by atoms with Crippen molar-refractivity contribution in [2.75, 3.05) is 19.0 Å². The van der Waals surface area contributed by atoms with Gasteiger partial charge in [0.2, 0.25) is 0 Å². The molecule has 6 heteroatoms. The molecule has 1 aliphatic rings. The highest BCUT2D eigenvalue weighted by Gasteiger charge is 2.30. The molecule has 0 radical (unpaired) electrons. The van der Waals surface area contributed by atoms with Crippen LogP contribution in [-0.2, 0) is 14.3 Å². The normalized spacial score (nSPS) is 22.9. The molecule has 1 aliphatic carbocycles. The highest BCUT2D eigenvalue weighted by molar-refractivity contribution is 5.99. The van der Waals surface area contributed by atoms with E-state index in [0.29, 0.717) is 17.4 Å². The summed E-state index contributed by atoms with van der Waals surface area (Å²) in [5.41, 5.74) is 1.59. The molecular formula is C23H31N3O3. The topological polar surface area (TPSA) is 82.4 Å². The quantitative estimate of drug-likeness (QED) is 0.451. The average Bonchev–Trinajstić information content (AvgIpc) is 2.69. The van der Waals surface area contributed by atoms with Gasteiger partial charge in [0.15, 0.2) is 6.10 Å². The van der Waals surface area contributed by atoms with Crippen LogP contribution in [0, 0.1) is 23.2 Å². The van der Waals surface area contributed by atoms with Gasteiger partial charge in [0.05, 0.1) is 0 Å². The fourth-order valence-corrected chi connectivity index (χ4v) is 3.54. The van der Waals surface area contributed by atoms with E-state index in [4.69, 9.17) is 4.74 Å². The van der Waals surface area contributed by atoms with Crippen LogP contribution in [0.15, 0.2) is 29.8 Å². The number of ether oxygens (including phenoxy) is 1. The maximum atomic E-state index is 12.5. The van der Waals surface area contributed by atoms with Crippen molar-refractivity contribution in [3.63, 3.8) is 0 Å². The molecule has 0 bridgehead atoms. The molecule has 1 amide bonds. The molecule has 1 N–H and O–H groups in total. The van der Waals surface area contributed by atoms with E-state index < -0.39 is 12.1 Å². The third-order valence-electron chi connectivity index (χ3n) is 5.75. The highest BCUT2D eigenvalue weighted by atomic mass is 16.5. The summed E-state index contributed by atoms with van der Waals surface area (Å²) in [6.07, 6.45) is 3.70. The number of anilines is 1. The van der Waals surface area contributed by atoms with Crippen LogP contribution in [0.5, 0.6) is 0 Å². The molecule has 1 saturated carbocycles. The van der Waals surface area contributed by atoms with Gasteiger partial charge < -0.3 is 15.0 Å². The predicted molar refractivity (Wildman–Crippen MR) is 114 cm³/mol. The van der Waals surface area contributed by atoms with Crippen molar-refractivity contribution in [2.45, 2.75) is 52.2 Å². The van der Waals surface area contributed by atoms with Gasteiger partial charge in [-0.3, -0.25) is 4.79 Å². The molecular weight excluding hydrogens is 366 g/mol. The third-order valence-corrected chi connectivity index (χ3v) is 5.75. The first-order valence-electron chi connectivity index (χ1n) is 10.1. The van der Waals surface area contributed by atoms with Gasteiger partial charge in [-0.1, -0.05) is 38.8 Å². The summed E-state index contributed by atoms with van der Waals surface area (Å²) < 4.78 is 5.25. The summed E-state index contributed by atoms with van der Waals surface area (Å²) in [4.78, 5) is 26.8. The van der Waals surface area contributed by atoms with Gasteiger partial charge in [-0.05, 0) is 49.0 Å². The number of carbonyl (C=O) groups is 2. The monoisotopic (exact) mass is 397 g/mol. The van der Waals surface area contributed by atoms with Gasteiger partial charge in [-0.15, -0.1) is 0 Å². The minimum Gasteiger partial charge on any atom is -0.448 e. The fourth-order valence-electron chi connectivity index (χ4n) is 3.54. The Balaban J connectivity index is 1.99. The Kier molecular flexibility index (Phi) is 7.83. The lowest BCUT2D eigenvalue weighted by molar-refractivity contribution is -0.151. The van der Waals surface area contributed by atoms with Crippen molar-refractivity contribution in [3.8, 4) is 6.07 Å². The van der Waals surface area contributed by atoms with Gasteiger partial charge in [-0.25, -0.2) is 4.79 Å². The Morgan fingerprint density at radius 1 is 1.24 bits per heavy atom. The van der Waals surface area contributed by atoms with E-state index in [1.165, 1.54) is 19.4 Å². The molecule has 4 atom stereocenters. The molecule has 1 fully saturated rings. The third kappa shape index (κ3) is 6.08. The smallest absolute Gasteiger partial charge is 0.349 e. The Hall–Kier alpha value is -2.81. The summed E-state index contributed by atoms with van der Waals surface area (Å²) in [5, 5.41) is 12.4. The molecule has 0 aliphatic heterocycles. The lowest BCUT2D eigenvalue weighted by Gasteiger charge is -2.35. The van der Waals surface area contributed by atoms with Crippen LogP contribution in [0.4, 0.5) is 5.69 Å². The number of hydrogen-bond donors (Lipinski definition) is 1.